The molecule has 25 heavy (non-hydrogen) atoms. The van der Waals surface area contributed by atoms with Gasteiger partial charge in [-0.1, -0.05) is 0 Å². The van der Waals surface area contributed by atoms with Gasteiger partial charge in [0, 0.05) is 32.5 Å². The van der Waals surface area contributed by atoms with E-state index >= 15 is 0 Å². The quantitative estimate of drug-likeness (QED) is 0.921. The van der Waals surface area contributed by atoms with Crippen LogP contribution < -0.4 is 15.1 Å². The lowest BCUT2D eigenvalue weighted by Crippen LogP contribution is -2.35. The van der Waals surface area contributed by atoms with Crippen LogP contribution in [0.1, 0.15) is 11.1 Å². The predicted molar refractivity (Wildman–Crippen MR) is 95.8 cm³/mol. The highest BCUT2D eigenvalue weighted by Crippen LogP contribution is 2.34. The molecule has 2 aromatic rings. The number of hydrazine groups is 1. The summed E-state index contributed by atoms with van der Waals surface area (Å²) in [5, 5.41) is 2.14. The highest BCUT2D eigenvalue weighted by molar-refractivity contribution is 5.89. The van der Waals surface area contributed by atoms with Crippen molar-refractivity contribution in [1.82, 2.24) is 9.99 Å². The average Bonchev–Trinajstić information content (AvgIpc) is 2.66. The second kappa shape index (κ2) is 7.40. The molecule has 1 aliphatic rings. The maximum Gasteiger partial charge on any atom is 0.413 e. The molecule has 0 aliphatic carbocycles. The Labute approximate surface area is 147 Å². The molecule has 0 spiro atoms. The maximum atomic E-state index is 11.9. The van der Waals surface area contributed by atoms with Crippen molar-refractivity contribution in [2.45, 2.75) is 13.0 Å². The van der Waals surface area contributed by atoms with Crippen LogP contribution in [0.25, 0.3) is 0 Å². The van der Waals surface area contributed by atoms with E-state index in [-0.39, 0.29) is 0 Å². The van der Waals surface area contributed by atoms with Crippen LogP contribution in [-0.4, -0.2) is 43.9 Å². The van der Waals surface area contributed by atoms with Crippen molar-refractivity contribution in [2.75, 3.05) is 38.1 Å². The summed E-state index contributed by atoms with van der Waals surface area (Å²) in [6.07, 6.45) is 3.98. The molecule has 2 heterocycles. The van der Waals surface area contributed by atoms with Crippen LogP contribution in [0.3, 0.4) is 0 Å². The summed E-state index contributed by atoms with van der Waals surface area (Å²) in [7, 11) is 4.65. The lowest BCUT2D eigenvalue weighted by molar-refractivity contribution is 0.180. The Morgan fingerprint density at radius 1 is 1.24 bits per heavy atom. The second-order valence-electron chi connectivity index (χ2n) is 5.84. The Hall–Kier alpha value is -2.80. The maximum absolute atomic E-state index is 11.9. The lowest BCUT2D eigenvalue weighted by atomic mass is 9.99. The van der Waals surface area contributed by atoms with Crippen molar-refractivity contribution < 1.29 is 14.3 Å². The Morgan fingerprint density at radius 3 is 2.68 bits per heavy atom. The first-order valence-electron chi connectivity index (χ1n) is 8.05. The van der Waals surface area contributed by atoms with E-state index in [0.29, 0.717) is 11.4 Å². The number of hydrogen-bond acceptors (Lipinski definition) is 6. The molecule has 1 aromatic carbocycles. The summed E-state index contributed by atoms with van der Waals surface area (Å²) < 4.78 is 10.3. The number of ether oxygens (including phenoxy) is 2. The first kappa shape index (κ1) is 17.0. The van der Waals surface area contributed by atoms with Gasteiger partial charge in [-0.05, 0) is 41.8 Å². The van der Waals surface area contributed by atoms with Gasteiger partial charge < -0.3 is 14.9 Å². The normalized spacial score (nSPS) is 13.7. The van der Waals surface area contributed by atoms with Crippen LogP contribution in [0.15, 0.2) is 36.7 Å². The van der Waals surface area contributed by atoms with Gasteiger partial charge in [-0.25, -0.2) is 9.80 Å². The summed E-state index contributed by atoms with van der Waals surface area (Å²) in [6.45, 7) is 1.61. The Kier molecular flexibility index (Phi) is 5.04. The number of methoxy groups -OCH3 is 2. The molecular weight excluding hydrogens is 320 g/mol. The molecule has 1 aromatic heterocycles. The molecular formula is C18H22N4O3. The lowest BCUT2D eigenvalue weighted by Gasteiger charge is -2.31. The molecule has 1 N–H and O–H groups in total. The number of nitrogens with zero attached hydrogens (tertiary/aromatic N) is 3. The van der Waals surface area contributed by atoms with Gasteiger partial charge in [0.15, 0.2) is 0 Å². The Balaban J connectivity index is 1.84. The van der Waals surface area contributed by atoms with Gasteiger partial charge in [0.2, 0.25) is 0 Å². The third-order valence-corrected chi connectivity index (χ3v) is 4.29. The third-order valence-electron chi connectivity index (χ3n) is 4.29. The standard InChI is InChI=1S/C18H22N4O3/c1-21(18(23)25-3)16-10-14-12-22(20-15-4-7-19-8-5-15)9-6-13(14)11-17(16)24-2/h4-5,7-8,10-11H,6,9,12H2,1-3H3,(H,19,20). The predicted octanol–water partition coefficient (Wildman–Crippen LogP) is 2.68. The molecule has 132 valence electrons. The van der Waals surface area contributed by atoms with Gasteiger partial charge in [-0.2, -0.15) is 0 Å². The number of hydrogen-bond donors (Lipinski definition) is 1. The molecule has 1 aliphatic heterocycles. The number of pyridine rings is 1. The van der Waals surface area contributed by atoms with Gasteiger partial charge in [0.05, 0.1) is 25.6 Å². The minimum Gasteiger partial charge on any atom is -0.495 e. The van der Waals surface area contributed by atoms with Gasteiger partial charge in [0.1, 0.15) is 5.75 Å². The van der Waals surface area contributed by atoms with E-state index in [1.54, 1.807) is 26.6 Å². The van der Waals surface area contributed by atoms with Crippen LogP contribution in [-0.2, 0) is 17.7 Å². The van der Waals surface area contributed by atoms with E-state index in [2.05, 4.69) is 15.4 Å². The number of fused-ring (bicyclic) bond motifs is 1. The van der Waals surface area contributed by atoms with Gasteiger partial charge in [0.25, 0.3) is 0 Å². The minimum atomic E-state index is -0.430. The summed E-state index contributed by atoms with van der Waals surface area (Å²) in [4.78, 5) is 17.4. The molecule has 0 bridgehead atoms. The van der Waals surface area contributed by atoms with Crippen molar-refractivity contribution in [3.63, 3.8) is 0 Å². The first-order valence-corrected chi connectivity index (χ1v) is 8.05. The minimum absolute atomic E-state index is 0.430. The number of aromatic nitrogens is 1. The number of benzene rings is 1. The van der Waals surface area contributed by atoms with Crippen LogP contribution in [0.5, 0.6) is 5.75 Å². The number of carbonyl (C=O) groups is 1. The number of anilines is 2. The van der Waals surface area contributed by atoms with E-state index in [1.807, 2.05) is 24.3 Å². The van der Waals surface area contributed by atoms with Crippen molar-refractivity contribution in [2.24, 2.45) is 0 Å². The summed E-state index contributed by atoms with van der Waals surface area (Å²) in [5.74, 6) is 0.669. The highest BCUT2D eigenvalue weighted by Gasteiger charge is 2.22. The van der Waals surface area contributed by atoms with Crippen molar-refractivity contribution in [3.8, 4) is 5.75 Å². The molecule has 7 heteroatoms. The van der Waals surface area contributed by atoms with Crippen molar-refractivity contribution in [3.05, 3.63) is 47.8 Å². The van der Waals surface area contributed by atoms with Crippen LogP contribution in [0.4, 0.5) is 16.2 Å². The molecule has 3 rings (SSSR count). The van der Waals surface area contributed by atoms with E-state index in [9.17, 15) is 4.79 Å². The SMILES string of the molecule is COC(=O)N(C)c1cc2c(cc1OC)CCN(Nc1ccncc1)C2. The fourth-order valence-corrected chi connectivity index (χ4v) is 2.94. The fourth-order valence-electron chi connectivity index (χ4n) is 2.94. The molecule has 0 saturated heterocycles. The molecule has 0 fully saturated rings. The summed E-state index contributed by atoms with van der Waals surface area (Å²) >= 11 is 0. The van der Waals surface area contributed by atoms with Crippen LogP contribution in [0, 0.1) is 0 Å². The first-order chi connectivity index (χ1) is 12.1. The molecule has 0 radical (unpaired) electrons. The average molecular weight is 342 g/mol. The fraction of sp³-hybridized carbons (Fsp3) is 0.333. The number of nitrogens with one attached hydrogen (secondary N) is 1. The molecule has 1 amide bonds. The zero-order chi connectivity index (χ0) is 17.8. The van der Waals surface area contributed by atoms with Crippen molar-refractivity contribution in [1.29, 1.82) is 0 Å². The van der Waals surface area contributed by atoms with Gasteiger partial charge in [-0.3, -0.25) is 9.88 Å². The molecule has 0 atom stereocenters. The van der Waals surface area contributed by atoms with E-state index < -0.39 is 6.09 Å². The molecule has 7 nitrogen and oxygen atoms in total. The van der Waals surface area contributed by atoms with E-state index in [4.69, 9.17) is 9.47 Å². The van der Waals surface area contributed by atoms with Gasteiger partial charge in [-0.15, -0.1) is 0 Å². The second-order valence-corrected chi connectivity index (χ2v) is 5.84. The Morgan fingerprint density at radius 2 is 2.00 bits per heavy atom. The van der Waals surface area contributed by atoms with Crippen LogP contribution >= 0.6 is 0 Å². The Bertz CT molecular complexity index is 751. The molecule has 0 unspecified atom stereocenters. The number of carbonyl (C=O) groups excluding carboxylic acids is 1. The topological polar surface area (TPSA) is 66.9 Å². The summed E-state index contributed by atoms with van der Waals surface area (Å²) in [6, 6.07) is 7.86. The van der Waals surface area contributed by atoms with E-state index in [0.717, 1.165) is 30.8 Å². The summed E-state index contributed by atoms with van der Waals surface area (Å²) in [5.41, 5.74) is 7.46. The zero-order valence-corrected chi connectivity index (χ0v) is 14.7. The zero-order valence-electron chi connectivity index (χ0n) is 14.7. The van der Waals surface area contributed by atoms with Crippen LogP contribution in [0.2, 0.25) is 0 Å². The van der Waals surface area contributed by atoms with Crippen molar-refractivity contribution >= 4 is 17.5 Å². The number of amides is 1. The van der Waals surface area contributed by atoms with E-state index in [1.165, 1.54) is 17.6 Å². The molecule has 0 saturated carbocycles. The largest absolute Gasteiger partial charge is 0.495 e. The highest BCUT2D eigenvalue weighted by atomic mass is 16.5. The smallest absolute Gasteiger partial charge is 0.413 e. The monoisotopic (exact) mass is 342 g/mol. The number of rotatable bonds is 4. The third kappa shape index (κ3) is 3.66. The van der Waals surface area contributed by atoms with Gasteiger partial charge >= 0.3 is 6.09 Å².